The van der Waals surface area contributed by atoms with Crippen LogP contribution in [0.2, 0.25) is 0 Å². The zero-order valence-corrected chi connectivity index (χ0v) is 12.9. The van der Waals surface area contributed by atoms with Gasteiger partial charge in [0.15, 0.2) is 0 Å². The van der Waals surface area contributed by atoms with Crippen LogP contribution in [0.4, 0.5) is 10.5 Å². The van der Waals surface area contributed by atoms with Gasteiger partial charge in [-0.3, -0.25) is 0 Å². The number of ether oxygens (including phenoxy) is 1. The van der Waals surface area contributed by atoms with Crippen LogP contribution in [0.5, 0.6) is 0 Å². The van der Waals surface area contributed by atoms with Crippen LogP contribution < -0.4 is 5.32 Å². The van der Waals surface area contributed by atoms with E-state index >= 15 is 0 Å². The van der Waals surface area contributed by atoms with Gasteiger partial charge < -0.3 is 15.0 Å². The first-order valence-electron chi connectivity index (χ1n) is 7.53. The Balaban J connectivity index is 2.15. The third kappa shape index (κ3) is 3.67. The molecule has 1 aromatic rings. The molecule has 1 aliphatic rings. The molecule has 5 heteroatoms. The molecule has 0 atom stereocenters. The predicted octanol–water partition coefficient (Wildman–Crippen LogP) is 3.44. The maximum absolute atomic E-state index is 12.6. The number of anilines is 1. The van der Waals surface area contributed by atoms with Gasteiger partial charge in [-0.25, -0.2) is 9.59 Å². The average Bonchev–Trinajstić information content (AvgIpc) is 3.06. The molecule has 0 radical (unpaired) electrons. The smallest absolute Gasteiger partial charge is 0.339 e. The molecule has 1 saturated carbocycles. The van der Waals surface area contributed by atoms with Crippen LogP contribution in [0.1, 0.15) is 36.0 Å². The fourth-order valence-electron chi connectivity index (χ4n) is 2.82. The van der Waals surface area contributed by atoms with Crippen molar-refractivity contribution in [3.05, 3.63) is 42.5 Å². The number of rotatable bonds is 5. The summed E-state index contributed by atoms with van der Waals surface area (Å²) in [5.74, 6) is -0.466. The zero-order valence-electron chi connectivity index (χ0n) is 12.9. The lowest BCUT2D eigenvalue weighted by Crippen LogP contribution is -2.41. The molecule has 0 bridgehead atoms. The van der Waals surface area contributed by atoms with Gasteiger partial charge in [0.05, 0.1) is 18.4 Å². The molecule has 5 nitrogen and oxygen atoms in total. The second-order valence-corrected chi connectivity index (χ2v) is 5.35. The van der Waals surface area contributed by atoms with Crippen LogP contribution in [0.3, 0.4) is 0 Å². The Morgan fingerprint density at radius 2 is 2.05 bits per heavy atom. The normalized spacial score (nSPS) is 14.4. The lowest BCUT2D eigenvalue weighted by molar-refractivity contribution is 0.0602. The monoisotopic (exact) mass is 302 g/mol. The molecule has 0 aliphatic heterocycles. The summed E-state index contributed by atoms with van der Waals surface area (Å²) in [6.45, 7) is 4.22. The quantitative estimate of drug-likeness (QED) is 0.669. The fourth-order valence-corrected chi connectivity index (χ4v) is 2.82. The van der Waals surface area contributed by atoms with E-state index in [2.05, 4.69) is 11.9 Å². The van der Waals surface area contributed by atoms with Crippen LogP contribution in [0, 0.1) is 0 Å². The highest BCUT2D eigenvalue weighted by atomic mass is 16.5. The Morgan fingerprint density at radius 1 is 1.36 bits per heavy atom. The van der Waals surface area contributed by atoms with Crippen molar-refractivity contribution < 1.29 is 14.3 Å². The van der Waals surface area contributed by atoms with Gasteiger partial charge in [-0.15, -0.1) is 6.58 Å². The molecule has 22 heavy (non-hydrogen) atoms. The standard InChI is InChI=1S/C17H22N2O3/c1-3-12-19(13-8-4-5-9-13)17(21)18-15-11-7-6-10-14(15)16(20)22-2/h3,6-7,10-11,13H,1,4-5,8-9,12H2,2H3,(H,18,21). The fraction of sp³-hybridized carbons (Fsp3) is 0.412. The number of hydrogen-bond acceptors (Lipinski definition) is 3. The van der Waals surface area contributed by atoms with E-state index in [9.17, 15) is 9.59 Å². The van der Waals surface area contributed by atoms with Crippen molar-refractivity contribution in [2.75, 3.05) is 19.0 Å². The minimum Gasteiger partial charge on any atom is -0.465 e. The number of esters is 1. The predicted molar refractivity (Wildman–Crippen MR) is 86.0 cm³/mol. The highest BCUT2D eigenvalue weighted by Gasteiger charge is 2.26. The van der Waals surface area contributed by atoms with E-state index in [1.54, 1.807) is 35.2 Å². The van der Waals surface area contributed by atoms with Gasteiger partial charge in [-0.05, 0) is 25.0 Å². The first kappa shape index (κ1) is 16.1. The van der Waals surface area contributed by atoms with Gasteiger partial charge in [-0.1, -0.05) is 31.1 Å². The molecule has 0 saturated heterocycles. The lowest BCUT2D eigenvalue weighted by Gasteiger charge is -2.28. The van der Waals surface area contributed by atoms with Crippen LogP contribution in [-0.4, -0.2) is 36.6 Å². The summed E-state index contributed by atoms with van der Waals surface area (Å²) in [4.78, 5) is 26.1. The number of amides is 2. The van der Waals surface area contributed by atoms with E-state index in [1.165, 1.54) is 7.11 Å². The minimum absolute atomic E-state index is 0.205. The van der Waals surface area contributed by atoms with Crippen molar-refractivity contribution in [1.82, 2.24) is 4.90 Å². The number of carbonyl (C=O) groups is 2. The molecule has 1 aliphatic carbocycles. The van der Waals surface area contributed by atoms with Crippen LogP contribution >= 0.6 is 0 Å². The molecule has 2 amide bonds. The summed E-state index contributed by atoms with van der Waals surface area (Å²) in [6, 6.07) is 6.88. The number of hydrogen-bond donors (Lipinski definition) is 1. The van der Waals surface area contributed by atoms with Crippen molar-refractivity contribution in [3.63, 3.8) is 0 Å². The van der Waals surface area contributed by atoms with E-state index < -0.39 is 5.97 Å². The second kappa shape index (κ2) is 7.64. The summed E-state index contributed by atoms with van der Waals surface area (Å²) in [6.07, 6.45) is 6.04. The first-order valence-corrected chi connectivity index (χ1v) is 7.53. The van der Waals surface area contributed by atoms with Crippen LogP contribution in [0.25, 0.3) is 0 Å². The van der Waals surface area contributed by atoms with Crippen molar-refractivity contribution >= 4 is 17.7 Å². The molecule has 0 unspecified atom stereocenters. The number of methoxy groups -OCH3 is 1. The third-order valence-corrected chi connectivity index (χ3v) is 3.93. The summed E-state index contributed by atoms with van der Waals surface area (Å²) < 4.78 is 4.75. The molecule has 1 aromatic carbocycles. The SMILES string of the molecule is C=CCN(C(=O)Nc1ccccc1C(=O)OC)C1CCCC1. The van der Waals surface area contributed by atoms with E-state index in [1.807, 2.05) is 0 Å². The van der Waals surface area contributed by atoms with Gasteiger partial charge in [-0.2, -0.15) is 0 Å². The molecule has 1 N–H and O–H groups in total. The van der Waals surface area contributed by atoms with E-state index in [-0.39, 0.29) is 12.1 Å². The van der Waals surface area contributed by atoms with Crippen molar-refractivity contribution in [2.45, 2.75) is 31.7 Å². The number of nitrogens with zero attached hydrogens (tertiary/aromatic N) is 1. The molecule has 1 fully saturated rings. The summed E-state index contributed by atoms with van der Waals surface area (Å²) in [5, 5.41) is 2.83. The molecule has 0 heterocycles. The van der Waals surface area contributed by atoms with Crippen molar-refractivity contribution in [1.29, 1.82) is 0 Å². The maximum atomic E-state index is 12.6. The molecule has 0 spiro atoms. The van der Waals surface area contributed by atoms with Gasteiger partial charge in [0.2, 0.25) is 0 Å². The van der Waals surface area contributed by atoms with Gasteiger partial charge in [0, 0.05) is 12.6 Å². The highest BCUT2D eigenvalue weighted by molar-refractivity contribution is 6.00. The topological polar surface area (TPSA) is 58.6 Å². The number of carbonyl (C=O) groups excluding carboxylic acids is 2. The summed E-state index contributed by atoms with van der Waals surface area (Å²) in [5.41, 5.74) is 0.815. The average molecular weight is 302 g/mol. The lowest BCUT2D eigenvalue weighted by atomic mass is 10.1. The van der Waals surface area contributed by atoms with E-state index in [0.29, 0.717) is 17.8 Å². The first-order chi connectivity index (χ1) is 10.7. The van der Waals surface area contributed by atoms with Gasteiger partial charge in [0.25, 0.3) is 0 Å². The zero-order chi connectivity index (χ0) is 15.9. The van der Waals surface area contributed by atoms with E-state index in [4.69, 9.17) is 4.74 Å². The second-order valence-electron chi connectivity index (χ2n) is 5.35. The Hall–Kier alpha value is -2.30. The number of para-hydroxylation sites is 1. The number of nitrogens with one attached hydrogen (secondary N) is 1. The Labute approximate surface area is 130 Å². The Kier molecular flexibility index (Phi) is 5.58. The number of urea groups is 1. The Morgan fingerprint density at radius 3 is 2.68 bits per heavy atom. The maximum Gasteiger partial charge on any atom is 0.339 e. The molecular formula is C17H22N2O3. The van der Waals surface area contributed by atoms with Crippen LogP contribution in [0.15, 0.2) is 36.9 Å². The minimum atomic E-state index is -0.466. The molecule has 2 rings (SSSR count). The van der Waals surface area contributed by atoms with Gasteiger partial charge >= 0.3 is 12.0 Å². The number of benzene rings is 1. The van der Waals surface area contributed by atoms with Crippen molar-refractivity contribution in [2.24, 2.45) is 0 Å². The van der Waals surface area contributed by atoms with Crippen LogP contribution in [-0.2, 0) is 4.74 Å². The van der Waals surface area contributed by atoms with E-state index in [0.717, 1.165) is 25.7 Å². The highest BCUT2D eigenvalue weighted by Crippen LogP contribution is 2.25. The molecule has 118 valence electrons. The third-order valence-electron chi connectivity index (χ3n) is 3.93. The summed E-state index contributed by atoms with van der Waals surface area (Å²) in [7, 11) is 1.32. The Bertz CT molecular complexity index is 551. The molecular weight excluding hydrogens is 280 g/mol. The van der Waals surface area contributed by atoms with Crippen molar-refractivity contribution in [3.8, 4) is 0 Å². The largest absolute Gasteiger partial charge is 0.465 e. The summed E-state index contributed by atoms with van der Waals surface area (Å²) >= 11 is 0. The molecule has 0 aromatic heterocycles. The van der Waals surface area contributed by atoms with Gasteiger partial charge in [0.1, 0.15) is 0 Å².